The molecule has 0 atom stereocenters. The third-order valence-corrected chi connectivity index (χ3v) is 6.67. The average Bonchev–Trinajstić information content (AvgIpc) is 3.45. The molecule has 0 aliphatic carbocycles. The van der Waals surface area contributed by atoms with Crippen molar-refractivity contribution >= 4 is 27.5 Å². The Balaban J connectivity index is 1.51. The van der Waals surface area contributed by atoms with Crippen molar-refractivity contribution in [2.75, 3.05) is 5.32 Å². The molecule has 0 spiro atoms. The molecule has 0 aliphatic rings. The van der Waals surface area contributed by atoms with E-state index in [4.69, 9.17) is 5.26 Å². The Bertz CT molecular complexity index is 1780. The van der Waals surface area contributed by atoms with Gasteiger partial charge in [0.1, 0.15) is 10.5 Å². The van der Waals surface area contributed by atoms with E-state index in [1.807, 2.05) is 6.07 Å². The minimum atomic E-state index is -10.2. The average molecular weight is 546 g/mol. The first-order valence-corrected chi connectivity index (χ1v) is 12.6. The topological polar surface area (TPSA) is 108 Å². The molecule has 2 N–H and O–H groups in total. The number of aromatic nitrogens is 4. The number of halogens is 5. The van der Waals surface area contributed by atoms with Crippen molar-refractivity contribution in [3.63, 3.8) is 0 Å². The van der Waals surface area contributed by atoms with Crippen LogP contribution in [0.5, 0.6) is 5.75 Å². The van der Waals surface area contributed by atoms with Gasteiger partial charge in [-0.3, -0.25) is 14.3 Å². The van der Waals surface area contributed by atoms with Crippen LogP contribution < -0.4 is 5.32 Å². The van der Waals surface area contributed by atoms with Crippen molar-refractivity contribution in [1.29, 1.82) is 5.26 Å². The molecule has 14 heteroatoms. The lowest BCUT2D eigenvalue weighted by Crippen LogP contribution is -2.15. The second-order valence-electron chi connectivity index (χ2n) is 8.20. The van der Waals surface area contributed by atoms with Crippen LogP contribution in [-0.2, 0) is 0 Å². The van der Waals surface area contributed by atoms with Gasteiger partial charge in [-0.2, -0.15) is 10.4 Å². The molecule has 0 unspecified atom stereocenters. The summed E-state index contributed by atoms with van der Waals surface area (Å²) in [5, 5.41) is 26.6. The van der Waals surface area contributed by atoms with Crippen LogP contribution >= 0.6 is 10.2 Å². The van der Waals surface area contributed by atoms with Gasteiger partial charge in [-0.1, -0.05) is 25.5 Å². The lowest BCUT2D eigenvalue weighted by atomic mass is 10.1. The number of benzene rings is 2. The Kier molecular flexibility index (Phi) is 5.08. The maximum atomic E-state index is 13.4. The molecule has 1 amide bonds. The third kappa shape index (κ3) is 4.62. The van der Waals surface area contributed by atoms with Gasteiger partial charge in [-0.15, -0.1) is 0 Å². The Morgan fingerprint density at radius 3 is 2.50 bits per heavy atom. The number of hydrogen-bond donors (Lipinski definition) is 2. The van der Waals surface area contributed by atoms with Gasteiger partial charge >= 0.3 is 10.2 Å². The van der Waals surface area contributed by atoms with Gasteiger partial charge in [0.15, 0.2) is 5.75 Å². The van der Waals surface area contributed by atoms with E-state index in [0.29, 0.717) is 11.3 Å². The maximum absolute atomic E-state index is 13.4. The summed E-state index contributed by atoms with van der Waals surface area (Å²) in [5.41, 5.74) is 0.250. The zero-order valence-electron chi connectivity index (χ0n) is 18.9. The zero-order valence-corrected chi connectivity index (χ0v) is 19.7. The van der Waals surface area contributed by atoms with Crippen LogP contribution in [0.25, 0.3) is 22.6 Å². The van der Waals surface area contributed by atoms with Gasteiger partial charge < -0.3 is 10.4 Å². The smallest absolute Gasteiger partial charge is 0.310 e. The number of pyridine rings is 1. The minimum Gasteiger partial charge on any atom is -0.504 e. The van der Waals surface area contributed by atoms with Gasteiger partial charge in [-0.25, -0.2) is 4.52 Å². The summed E-state index contributed by atoms with van der Waals surface area (Å²) in [4.78, 5) is 14.4. The Morgan fingerprint density at radius 2 is 1.82 bits per heavy atom. The fraction of sp³-hybridized carbons (Fsp3) is 0. The van der Waals surface area contributed by atoms with Crippen molar-refractivity contribution in [2.24, 2.45) is 0 Å². The quantitative estimate of drug-likeness (QED) is 0.189. The molecule has 3 heterocycles. The molecule has 0 fully saturated rings. The lowest BCUT2D eigenvalue weighted by molar-refractivity contribution is 0.102. The van der Waals surface area contributed by atoms with Gasteiger partial charge in [0.05, 0.1) is 28.7 Å². The summed E-state index contributed by atoms with van der Waals surface area (Å²) in [7, 11) is -10.2. The first kappa shape index (κ1) is 24.8. The number of carbonyl (C=O) groups is 1. The number of aromatic hydroxyl groups is 1. The predicted octanol–water partition coefficient (Wildman–Crippen LogP) is 6.67. The second-order valence-corrected chi connectivity index (χ2v) is 10.6. The van der Waals surface area contributed by atoms with Gasteiger partial charge in [0.2, 0.25) is 0 Å². The van der Waals surface area contributed by atoms with Crippen molar-refractivity contribution in [1.82, 2.24) is 19.2 Å². The van der Waals surface area contributed by atoms with Crippen molar-refractivity contribution in [2.45, 2.75) is 4.90 Å². The molecule has 5 rings (SSSR count). The minimum absolute atomic E-state index is 0.0148. The molecule has 194 valence electrons. The highest BCUT2D eigenvalue weighted by atomic mass is 32.5. The summed E-state index contributed by atoms with van der Waals surface area (Å²) in [6.07, 6.45) is 6.45. The SMILES string of the molecule is N#Cc1cc(C(=O)Nc2cccc(-n3ccn4nc(-c5cccnc5)cc34)c2O)cc(S(F)(F)(F)(F)F)c1. The van der Waals surface area contributed by atoms with E-state index in [1.165, 1.54) is 24.3 Å². The van der Waals surface area contributed by atoms with E-state index in [9.17, 15) is 29.3 Å². The normalized spacial score (nSPS) is 13.5. The van der Waals surface area contributed by atoms with E-state index in [2.05, 4.69) is 15.4 Å². The summed E-state index contributed by atoms with van der Waals surface area (Å²) in [6.45, 7) is 0. The molecule has 5 aromatic rings. The molecule has 3 aromatic heterocycles. The number of nitrogens with zero attached hydrogens (tertiary/aromatic N) is 5. The standard InChI is InChI=1S/C24H15F5N6O2S/c25-38(26,27,28,29)18-10-15(13-30)9-17(11-18)24(37)32-19-4-1-5-21(23(19)36)34-7-8-35-22(34)12-20(33-35)16-3-2-6-31-14-16/h1-12,14,36H,(H,32,37). The molecular weight excluding hydrogens is 531 g/mol. The number of nitriles is 1. The number of phenols is 1. The fourth-order valence-corrected chi connectivity index (χ4v) is 4.48. The number of carbonyl (C=O) groups excluding carboxylic acids is 1. The number of amides is 1. The first-order chi connectivity index (χ1) is 17.7. The molecule has 2 aromatic carbocycles. The molecule has 38 heavy (non-hydrogen) atoms. The lowest BCUT2D eigenvalue weighted by Gasteiger charge is -2.40. The van der Waals surface area contributed by atoms with Crippen molar-refractivity contribution < 1.29 is 29.3 Å². The van der Waals surface area contributed by atoms with Crippen LogP contribution in [0.1, 0.15) is 15.9 Å². The van der Waals surface area contributed by atoms with Crippen molar-refractivity contribution in [3.05, 3.63) is 90.5 Å². The summed E-state index contributed by atoms with van der Waals surface area (Å²) < 4.78 is 69.9. The van der Waals surface area contributed by atoms with Crippen LogP contribution in [0, 0.1) is 11.3 Å². The van der Waals surface area contributed by atoms with E-state index >= 15 is 0 Å². The summed E-state index contributed by atoms with van der Waals surface area (Å²) in [6, 6.07) is 11.6. The number of phenolic OH excluding ortho intramolecular Hbond substituents is 1. The second kappa shape index (κ2) is 7.80. The number of hydrogen-bond acceptors (Lipinski definition) is 5. The van der Waals surface area contributed by atoms with Gasteiger partial charge in [0.25, 0.3) is 5.91 Å². The molecule has 0 bridgehead atoms. The van der Waals surface area contributed by atoms with Gasteiger partial charge in [0, 0.05) is 42.0 Å². The highest BCUT2D eigenvalue weighted by molar-refractivity contribution is 8.45. The third-order valence-electron chi connectivity index (χ3n) is 5.54. The number of nitrogens with one attached hydrogen (secondary N) is 1. The number of rotatable bonds is 5. The summed E-state index contributed by atoms with van der Waals surface area (Å²) >= 11 is 0. The largest absolute Gasteiger partial charge is 0.504 e. The van der Waals surface area contributed by atoms with Crippen LogP contribution in [-0.4, -0.2) is 30.2 Å². The zero-order chi connectivity index (χ0) is 27.4. The highest BCUT2D eigenvalue weighted by Gasteiger charge is 2.65. The Labute approximate surface area is 210 Å². The van der Waals surface area contributed by atoms with Crippen LogP contribution in [0.2, 0.25) is 0 Å². The molecule has 0 aliphatic heterocycles. The number of fused-ring (bicyclic) bond motifs is 1. The van der Waals surface area contributed by atoms with Crippen molar-refractivity contribution in [3.8, 4) is 28.8 Å². The van der Waals surface area contributed by atoms with E-state index in [0.717, 1.165) is 11.6 Å². The van der Waals surface area contributed by atoms with E-state index < -0.39 is 37.9 Å². The highest BCUT2D eigenvalue weighted by Crippen LogP contribution is 3.02. The molecule has 0 saturated carbocycles. The fourth-order valence-electron chi connectivity index (χ4n) is 3.78. The molecule has 0 saturated heterocycles. The number of anilines is 1. The Morgan fingerprint density at radius 1 is 1.03 bits per heavy atom. The molecule has 8 nitrogen and oxygen atoms in total. The van der Waals surface area contributed by atoms with E-state index in [-0.39, 0.29) is 23.5 Å². The first-order valence-electron chi connectivity index (χ1n) is 10.6. The number of para-hydroxylation sites is 1. The van der Waals surface area contributed by atoms with Crippen LogP contribution in [0.4, 0.5) is 25.1 Å². The van der Waals surface area contributed by atoms with Gasteiger partial charge in [-0.05, 0) is 42.5 Å². The molecule has 0 radical (unpaired) electrons. The van der Waals surface area contributed by atoms with Crippen LogP contribution in [0.3, 0.4) is 0 Å². The predicted molar refractivity (Wildman–Crippen MR) is 130 cm³/mol. The van der Waals surface area contributed by atoms with Crippen LogP contribution in [0.15, 0.2) is 84.3 Å². The molecular formula is C24H15F5N6O2S. The monoisotopic (exact) mass is 546 g/mol. The summed E-state index contributed by atoms with van der Waals surface area (Å²) in [5.74, 6) is -1.69. The number of imidazole rings is 1. The van der Waals surface area contributed by atoms with E-state index in [1.54, 1.807) is 46.0 Å². The maximum Gasteiger partial charge on any atom is 0.310 e. The Hall–Kier alpha value is -4.90.